The molecule has 8 heteroatoms. The number of carbonyl (C=O) groups excluding carboxylic acids is 3. The maximum atomic E-state index is 13.4. The third-order valence-electron chi connectivity index (χ3n) is 12.0. The molecule has 0 aromatic rings. The normalized spacial score (nSPS) is 36.1. The van der Waals surface area contributed by atoms with Gasteiger partial charge in [-0.1, -0.05) is 110 Å². The fourth-order valence-electron chi connectivity index (χ4n) is 9.63. The molecule has 3 N–H and O–H groups in total. The van der Waals surface area contributed by atoms with Crippen LogP contribution < -0.4 is 0 Å². The highest BCUT2D eigenvalue weighted by atomic mass is 16.6. The maximum absolute atomic E-state index is 13.4. The third kappa shape index (κ3) is 6.91. The minimum absolute atomic E-state index is 0.00713. The number of esters is 2. The van der Waals surface area contributed by atoms with Crippen LogP contribution in [0.15, 0.2) is 23.3 Å². The number of Topliss-reactive ketones (excluding diaryl/α,β-unsaturated/α-hetero) is 1. The van der Waals surface area contributed by atoms with Crippen molar-refractivity contribution in [3.63, 3.8) is 0 Å². The first-order chi connectivity index (χ1) is 21.9. The van der Waals surface area contributed by atoms with Gasteiger partial charge in [0.25, 0.3) is 0 Å². The van der Waals surface area contributed by atoms with Crippen LogP contribution >= 0.6 is 0 Å². The number of carbonyl (C=O) groups is 3. The number of hydrogen-bond acceptors (Lipinski definition) is 8. The van der Waals surface area contributed by atoms with Crippen LogP contribution in [0.5, 0.6) is 0 Å². The smallest absolute Gasteiger partial charge is 0.306 e. The molecular formula is C38H60O8. The highest BCUT2D eigenvalue weighted by molar-refractivity contribution is 6.04. The molecule has 0 bridgehead atoms. The average molecular weight is 645 g/mol. The van der Waals surface area contributed by atoms with E-state index in [2.05, 4.69) is 6.92 Å². The molecule has 0 radical (unpaired) electrons. The molecule has 9 atom stereocenters. The maximum Gasteiger partial charge on any atom is 0.306 e. The lowest BCUT2D eigenvalue weighted by molar-refractivity contribution is -0.194. The first-order valence-corrected chi connectivity index (χ1v) is 18.2. The summed E-state index contributed by atoms with van der Waals surface area (Å²) in [6.07, 6.45) is 18.9. The predicted molar refractivity (Wildman–Crippen MR) is 177 cm³/mol. The molecule has 4 rings (SSSR count). The minimum Gasteiger partial charge on any atom is -0.458 e. The monoisotopic (exact) mass is 644 g/mol. The lowest BCUT2D eigenvalue weighted by atomic mass is 9.62. The summed E-state index contributed by atoms with van der Waals surface area (Å²) in [5, 5.41) is 32.8. The summed E-state index contributed by atoms with van der Waals surface area (Å²) in [6, 6.07) is 0. The highest BCUT2D eigenvalue weighted by Gasteiger charge is 2.86. The number of aliphatic hydroxyl groups excluding tert-OH is 2. The van der Waals surface area contributed by atoms with Crippen molar-refractivity contribution in [1.29, 1.82) is 0 Å². The molecule has 2 saturated carbocycles. The molecule has 0 unspecified atom stereocenters. The van der Waals surface area contributed by atoms with Crippen molar-refractivity contribution in [2.75, 3.05) is 13.2 Å². The molecule has 0 aromatic heterocycles. The first-order valence-electron chi connectivity index (χ1n) is 18.2. The van der Waals surface area contributed by atoms with Crippen molar-refractivity contribution in [2.45, 2.75) is 148 Å². The average Bonchev–Trinajstić information content (AvgIpc) is 3.52. The van der Waals surface area contributed by atoms with E-state index in [-0.39, 0.29) is 49.6 Å². The number of rotatable bonds is 18. The molecule has 0 spiro atoms. The molecular weight excluding hydrogens is 584 g/mol. The van der Waals surface area contributed by atoms with Crippen LogP contribution in [0.4, 0.5) is 0 Å². The molecule has 0 saturated heterocycles. The number of ketones is 1. The Hall–Kier alpha value is -2.03. The second-order valence-electron chi connectivity index (χ2n) is 15.1. The van der Waals surface area contributed by atoms with Crippen LogP contribution in [0.2, 0.25) is 0 Å². The van der Waals surface area contributed by atoms with Gasteiger partial charge in [0.1, 0.15) is 11.7 Å². The summed E-state index contributed by atoms with van der Waals surface area (Å²) in [7, 11) is 0. The summed E-state index contributed by atoms with van der Waals surface area (Å²) in [5.74, 6) is -3.29. The van der Waals surface area contributed by atoms with E-state index in [1.165, 1.54) is 71.1 Å². The van der Waals surface area contributed by atoms with Crippen LogP contribution in [0.25, 0.3) is 0 Å². The molecule has 4 aliphatic rings. The summed E-state index contributed by atoms with van der Waals surface area (Å²) < 4.78 is 12.3. The van der Waals surface area contributed by atoms with Crippen LogP contribution in [0, 0.1) is 35.0 Å². The van der Waals surface area contributed by atoms with E-state index in [1.807, 2.05) is 26.0 Å². The molecule has 0 amide bonds. The van der Waals surface area contributed by atoms with Crippen molar-refractivity contribution in [2.24, 2.45) is 35.0 Å². The zero-order valence-electron chi connectivity index (χ0n) is 29.0. The van der Waals surface area contributed by atoms with Gasteiger partial charge in [-0.15, -0.1) is 0 Å². The molecule has 0 aliphatic heterocycles. The van der Waals surface area contributed by atoms with Gasteiger partial charge in [-0.05, 0) is 36.3 Å². The largest absolute Gasteiger partial charge is 0.458 e. The molecule has 46 heavy (non-hydrogen) atoms. The van der Waals surface area contributed by atoms with Gasteiger partial charge in [-0.25, -0.2) is 0 Å². The van der Waals surface area contributed by atoms with Gasteiger partial charge < -0.3 is 24.8 Å². The summed E-state index contributed by atoms with van der Waals surface area (Å²) >= 11 is 0. The van der Waals surface area contributed by atoms with E-state index in [4.69, 9.17) is 9.47 Å². The molecule has 260 valence electrons. The Morgan fingerprint density at radius 2 is 1.50 bits per heavy atom. The number of allylic oxidation sites excluding steroid dienone is 1. The number of aliphatic hydroxyl groups is 3. The first kappa shape index (κ1) is 36.8. The van der Waals surface area contributed by atoms with Crippen molar-refractivity contribution in [1.82, 2.24) is 0 Å². The topological polar surface area (TPSA) is 130 Å². The molecule has 0 heterocycles. The fourth-order valence-corrected chi connectivity index (χ4v) is 9.63. The third-order valence-corrected chi connectivity index (χ3v) is 12.0. The van der Waals surface area contributed by atoms with E-state index >= 15 is 0 Å². The Kier molecular flexibility index (Phi) is 12.4. The van der Waals surface area contributed by atoms with E-state index < -0.39 is 46.4 Å². The SMILES string of the molecule is CCCCCCCCCCCCCCCC(=O)O[C@@H]1[C@@H](C)[C@H]2[C@@H](C=C(CO)C[C@]3(O)C(=O)C(C)=C[C@@H]23)[C@H]2[C@]1(OC(C)=O)[C@]2(C)CO. The number of hydrogen-bond donors (Lipinski definition) is 3. The van der Waals surface area contributed by atoms with E-state index in [0.29, 0.717) is 17.6 Å². The zero-order chi connectivity index (χ0) is 33.7. The summed E-state index contributed by atoms with van der Waals surface area (Å²) in [4.78, 5) is 39.2. The molecule has 4 aliphatic carbocycles. The number of unbranched alkanes of at least 4 members (excludes halogenated alkanes) is 12. The predicted octanol–water partition coefficient (Wildman–Crippen LogP) is 6.39. The van der Waals surface area contributed by atoms with E-state index in [1.54, 1.807) is 6.92 Å². The second kappa shape index (κ2) is 15.5. The van der Waals surface area contributed by atoms with Crippen LogP contribution in [-0.4, -0.2) is 63.6 Å². The van der Waals surface area contributed by atoms with Crippen LogP contribution in [0.3, 0.4) is 0 Å². The zero-order valence-corrected chi connectivity index (χ0v) is 29.0. The Labute approximate surface area is 276 Å². The lowest BCUT2D eigenvalue weighted by Gasteiger charge is -2.47. The van der Waals surface area contributed by atoms with Crippen molar-refractivity contribution < 1.29 is 39.2 Å². The molecule has 8 nitrogen and oxygen atoms in total. The Morgan fingerprint density at radius 3 is 2.02 bits per heavy atom. The Morgan fingerprint density at radius 1 is 0.935 bits per heavy atom. The van der Waals surface area contributed by atoms with Gasteiger partial charge in [0.2, 0.25) is 0 Å². The van der Waals surface area contributed by atoms with Crippen molar-refractivity contribution in [3.8, 4) is 0 Å². The van der Waals surface area contributed by atoms with Crippen molar-refractivity contribution >= 4 is 17.7 Å². The van der Waals surface area contributed by atoms with Gasteiger partial charge in [-0.3, -0.25) is 14.4 Å². The van der Waals surface area contributed by atoms with Crippen LogP contribution in [0.1, 0.15) is 131 Å². The number of ether oxygens (including phenoxy) is 2. The van der Waals surface area contributed by atoms with Gasteiger partial charge in [0, 0.05) is 42.9 Å². The minimum atomic E-state index is -1.71. The second-order valence-corrected chi connectivity index (χ2v) is 15.1. The lowest BCUT2D eigenvalue weighted by Crippen LogP contribution is -2.56. The van der Waals surface area contributed by atoms with Crippen LogP contribution in [-0.2, 0) is 23.9 Å². The van der Waals surface area contributed by atoms with Gasteiger partial charge >= 0.3 is 11.9 Å². The van der Waals surface area contributed by atoms with Gasteiger partial charge in [0.05, 0.1) is 13.2 Å². The Bertz CT molecular complexity index is 1160. The van der Waals surface area contributed by atoms with Gasteiger partial charge in [-0.2, -0.15) is 0 Å². The van der Waals surface area contributed by atoms with Crippen molar-refractivity contribution in [3.05, 3.63) is 23.3 Å². The van der Waals surface area contributed by atoms with E-state index in [0.717, 1.165) is 12.8 Å². The summed E-state index contributed by atoms with van der Waals surface area (Å²) in [6.45, 7) is 8.45. The van der Waals surface area contributed by atoms with Gasteiger partial charge in [0.15, 0.2) is 11.4 Å². The molecule has 0 aromatic carbocycles. The standard InChI is InChI=1S/C38H60O8/c1-6-7-8-9-10-11-12-13-14-15-16-17-18-19-31(42)45-35-26(3)32-29(33-36(5,24-40)38(33,35)46-27(4)41)21-28(23-39)22-37(44)30(32)20-25(2)34(37)43/h20-21,26,29-30,32-33,35,39-40,44H,6-19,22-24H2,1-5H3/t26-,29+,30-,32-,33+,35+,36+,37+,38+/m0/s1. The quantitative estimate of drug-likeness (QED) is 0.0889. The fraction of sp³-hybridized carbons (Fsp3) is 0.816. The highest BCUT2D eigenvalue weighted by Crippen LogP contribution is 2.76. The van der Waals surface area contributed by atoms with E-state index in [9.17, 15) is 29.7 Å². The molecule has 2 fully saturated rings. The Balaban J connectivity index is 1.42. The summed E-state index contributed by atoms with van der Waals surface area (Å²) in [5.41, 5.74) is -2.84. The number of fused-ring (bicyclic) bond motifs is 5.